The number of imide groups is 1. The number of aromatic nitrogens is 2. The summed E-state index contributed by atoms with van der Waals surface area (Å²) in [5, 5.41) is 1.92. The molecule has 1 aromatic carbocycles. The summed E-state index contributed by atoms with van der Waals surface area (Å²) >= 11 is 0. The van der Waals surface area contributed by atoms with Crippen molar-refractivity contribution in [2.24, 2.45) is 12.8 Å². The Bertz CT molecular complexity index is 683. The van der Waals surface area contributed by atoms with Gasteiger partial charge in [0.2, 0.25) is 5.91 Å². The van der Waals surface area contributed by atoms with Crippen LogP contribution >= 0.6 is 0 Å². The summed E-state index contributed by atoms with van der Waals surface area (Å²) in [6, 6.07) is 6.14. The number of hydrogen-bond donors (Lipinski definition) is 2. The molecule has 3 amide bonds. The largest absolute Gasteiger partial charge is 0.351 e. The number of carbonyl (C=O) groups is 2. The van der Waals surface area contributed by atoms with Crippen molar-refractivity contribution in [3.05, 3.63) is 34.7 Å². The van der Waals surface area contributed by atoms with Gasteiger partial charge in [0.05, 0.1) is 11.0 Å². The fourth-order valence-corrected chi connectivity index (χ4v) is 1.84. The molecule has 0 saturated heterocycles. The first-order valence-corrected chi connectivity index (χ1v) is 5.24. The maximum Gasteiger partial charge on any atom is 0.329 e. The summed E-state index contributed by atoms with van der Waals surface area (Å²) in [7, 11) is 1.62. The summed E-state index contributed by atoms with van der Waals surface area (Å²) in [6.45, 7) is -0.247. The van der Waals surface area contributed by atoms with Crippen LogP contribution in [0.4, 0.5) is 4.79 Å². The second kappa shape index (κ2) is 4.36. The fourth-order valence-electron chi connectivity index (χ4n) is 1.84. The van der Waals surface area contributed by atoms with Crippen molar-refractivity contribution in [2.75, 3.05) is 0 Å². The zero-order valence-corrected chi connectivity index (χ0v) is 9.71. The third-order valence-corrected chi connectivity index (χ3v) is 2.62. The predicted octanol–water partition coefficient (Wildman–Crippen LogP) is -0.465. The second-order valence-electron chi connectivity index (χ2n) is 3.83. The second-order valence-corrected chi connectivity index (χ2v) is 3.83. The van der Waals surface area contributed by atoms with Gasteiger partial charge in [-0.2, -0.15) is 0 Å². The lowest BCUT2D eigenvalue weighted by atomic mass is 10.3. The van der Waals surface area contributed by atoms with E-state index in [0.717, 1.165) is 5.52 Å². The Morgan fingerprint density at radius 1 is 1.28 bits per heavy atom. The maximum atomic E-state index is 11.9. The van der Waals surface area contributed by atoms with Crippen LogP contribution in [0.2, 0.25) is 0 Å². The Morgan fingerprint density at radius 2 is 1.89 bits per heavy atom. The van der Waals surface area contributed by atoms with Crippen molar-refractivity contribution in [1.29, 1.82) is 0 Å². The normalized spacial score (nSPS) is 10.5. The van der Waals surface area contributed by atoms with Crippen molar-refractivity contribution < 1.29 is 9.59 Å². The van der Waals surface area contributed by atoms with E-state index in [1.165, 1.54) is 9.13 Å². The molecule has 0 aliphatic heterocycles. The number of para-hydroxylation sites is 2. The lowest BCUT2D eigenvalue weighted by Crippen LogP contribution is -2.39. The van der Waals surface area contributed by atoms with E-state index < -0.39 is 11.9 Å². The van der Waals surface area contributed by atoms with Gasteiger partial charge < -0.3 is 5.73 Å². The summed E-state index contributed by atoms with van der Waals surface area (Å²) in [5.41, 5.74) is 5.86. The van der Waals surface area contributed by atoms with Crippen LogP contribution in [0.1, 0.15) is 0 Å². The van der Waals surface area contributed by atoms with Gasteiger partial charge in [-0.3, -0.25) is 19.2 Å². The molecule has 0 spiro atoms. The summed E-state index contributed by atoms with van der Waals surface area (Å²) in [6.07, 6.45) is 0. The molecule has 3 N–H and O–H groups in total. The molecule has 2 rings (SSSR count). The highest BCUT2D eigenvalue weighted by atomic mass is 16.2. The molecule has 1 heterocycles. The van der Waals surface area contributed by atoms with Crippen LogP contribution in [0.3, 0.4) is 0 Å². The van der Waals surface area contributed by atoms with Crippen LogP contribution < -0.4 is 16.7 Å². The van der Waals surface area contributed by atoms with Gasteiger partial charge >= 0.3 is 11.7 Å². The number of nitrogens with two attached hydrogens (primary N) is 1. The van der Waals surface area contributed by atoms with Crippen LogP contribution in [-0.4, -0.2) is 21.1 Å². The summed E-state index contributed by atoms with van der Waals surface area (Å²) in [4.78, 5) is 33.9. The third-order valence-electron chi connectivity index (χ3n) is 2.62. The predicted molar refractivity (Wildman–Crippen MR) is 64.9 cm³/mol. The highest BCUT2D eigenvalue weighted by Crippen LogP contribution is 2.10. The smallest absolute Gasteiger partial charge is 0.329 e. The molecule has 7 nitrogen and oxygen atoms in total. The van der Waals surface area contributed by atoms with Gasteiger partial charge in [0.15, 0.2) is 0 Å². The molecule has 0 unspecified atom stereocenters. The topological polar surface area (TPSA) is 99.1 Å². The van der Waals surface area contributed by atoms with Crippen molar-refractivity contribution in [2.45, 2.75) is 6.54 Å². The monoisotopic (exact) mass is 248 g/mol. The number of nitrogens with one attached hydrogen (secondary N) is 1. The minimum absolute atomic E-state index is 0.247. The lowest BCUT2D eigenvalue weighted by molar-refractivity contribution is -0.120. The molecule has 0 aliphatic rings. The van der Waals surface area contributed by atoms with E-state index in [1.54, 1.807) is 31.3 Å². The van der Waals surface area contributed by atoms with E-state index in [1.807, 2.05) is 5.32 Å². The molecule has 0 aliphatic carbocycles. The number of fused-ring (bicyclic) bond motifs is 1. The summed E-state index contributed by atoms with van der Waals surface area (Å²) in [5.74, 6) is -0.624. The Labute approximate surface area is 102 Å². The average Bonchev–Trinajstić information content (AvgIpc) is 2.54. The Kier molecular flexibility index (Phi) is 2.88. The number of carbonyl (C=O) groups excluding carboxylic acids is 2. The molecule has 0 fully saturated rings. The van der Waals surface area contributed by atoms with Gasteiger partial charge in [-0.05, 0) is 12.1 Å². The van der Waals surface area contributed by atoms with Gasteiger partial charge in [0, 0.05) is 7.05 Å². The Morgan fingerprint density at radius 3 is 2.50 bits per heavy atom. The Hall–Kier alpha value is -2.57. The third kappa shape index (κ3) is 1.97. The zero-order chi connectivity index (χ0) is 13.3. The van der Waals surface area contributed by atoms with E-state index in [0.29, 0.717) is 5.52 Å². The van der Waals surface area contributed by atoms with E-state index in [-0.39, 0.29) is 12.2 Å². The maximum absolute atomic E-state index is 11.9. The Balaban J connectivity index is 2.45. The molecule has 7 heteroatoms. The van der Waals surface area contributed by atoms with Gasteiger partial charge in [-0.1, -0.05) is 12.1 Å². The molecule has 0 bridgehead atoms. The first-order chi connectivity index (χ1) is 8.50. The fraction of sp³-hybridized carbons (Fsp3) is 0.182. The molecule has 94 valence electrons. The van der Waals surface area contributed by atoms with Crippen LogP contribution in [0.5, 0.6) is 0 Å². The van der Waals surface area contributed by atoms with E-state index >= 15 is 0 Å². The van der Waals surface area contributed by atoms with Crippen LogP contribution in [0.15, 0.2) is 29.1 Å². The molecule has 1 aromatic heterocycles. The van der Waals surface area contributed by atoms with Crippen LogP contribution in [0, 0.1) is 0 Å². The first kappa shape index (κ1) is 11.9. The number of hydrogen-bond acceptors (Lipinski definition) is 3. The molecular formula is C11H12N4O3. The number of rotatable bonds is 2. The zero-order valence-electron chi connectivity index (χ0n) is 9.71. The van der Waals surface area contributed by atoms with Crippen molar-refractivity contribution in [3.63, 3.8) is 0 Å². The number of imidazole rings is 1. The minimum Gasteiger partial charge on any atom is -0.351 e. The number of urea groups is 1. The van der Waals surface area contributed by atoms with Gasteiger partial charge in [-0.25, -0.2) is 9.59 Å². The summed E-state index contributed by atoms with van der Waals surface area (Å²) < 4.78 is 2.72. The standard InChI is InChI=1S/C11H12N4O3/c1-14-7-4-2-3-5-8(7)15(11(14)18)6-9(16)13-10(12)17/h2-5H,6H2,1H3,(H3,12,13,16,17). The van der Waals surface area contributed by atoms with Gasteiger partial charge in [-0.15, -0.1) is 0 Å². The first-order valence-electron chi connectivity index (χ1n) is 5.24. The molecular weight excluding hydrogens is 236 g/mol. The highest BCUT2D eigenvalue weighted by molar-refractivity contribution is 5.93. The van der Waals surface area contributed by atoms with Crippen LogP contribution in [-0.2, 0) is 18.4 Å². The molecule has 18 heavy (non-hydrogen) atoms. The molecule has 2 aromatic rings. The number of nitrogens with zero attached hydrogens (tertiary/aromatic N) is 2. The lowest BCUT2D eigenvalue weighted by Gasteiger charge is -2.02. The average molecular weight is 248 g/mol. The molecule has 0 radical (unpaired) electrons. The van der Waals surface area contributed by atoms with E-state index in [2.05, 4.69) is 0 Å². The van der Waals surface area contributed by atoms with E-state index in [4.69, 9.17) is 5.73 Å². The minimum atomic E-state index is -0.937. The highest BCUT2D eigenvalue weighted by Gasteiger charge is 2.13. The quantitative estimate of drug-likeness (QED) is 0.751. The molecule has 0 atom stereocenters. The molecule has 0 saturated carbocycles. The number of amides is 3. The van der Waals surface area contributed by atoms with E-state index in [9.17, 15) is 14.4 Å². The SMILES string of the molecule is Cn1c(=O)n(CC(=O)NC(N)=O)c2ccccc21. The van der Waals surface area contributed by atoms with Gasteiger partial charge in [0.25, 0.3) is 0 Å². The number of primary amides is 1. The number of benzene rings is 1. The van der Waals surface area contributed by atoms with Gasteiger partial charge in [0.1, 0.15) is 6.54 Å². The van der Waals surface area contributed by atoms with Crippen LogP contribution in [0.25, 0.3) is 11.0 Å². The van der Waals surface area contributed by atoms with Crippen molar-refractivity contribution in [3.8, 4) is 0 Å². The number of aryl methyl sites for hydroxylation is 1. The van der Waals surface area contributed by atoms with Crippen molar-refractivity contribution >= 4 is 23.0 Å². The van der Waals surface area contributed by atoms with Crippen molar-refractivity contribution in [1.82, 2.24) is 14.5 Å².